The predicted octanol–water partition coefficient (Wildman–Crippen LogP) is 2.14. The van der Waals surface area contributed by atoms with Crippen molar-refractivity contribution in [2.75, 3.05) is 0 Å². The van der Waals surface area contributed by atoms with E-state index < -0.39 is 0 Å². The number of nitrogens with zero attached hydrogens (tertiary/aromatic N) is 3. The number of ether oxygens (including phenoxy) is 1. The Balaban J connectivity index is 2.05. The minimum atomic E-state index is -0.373. The summed E-state index contributed by atoms with van der Waals surface area (Å²) in [6, 6.07) is 2.81. The lowest BCUT2D eigenvalue weighted by Gasteiger charge is -2.05. The second-order valence-corrected chi connectivity index (χ2v) is 4.33. The van der Waals surface area contributed by atoms with Gasteiger partial charge in [0, 0.05) is 13.1 Å². The molecule has 0 radical (unpaired) electrons. The molecule has 0 aromatic carbocycles. The lowest BCUT2D eigenvalue weighted by Crippen LogP contribution is -2.05. The Morgan fingerprint density at radius 1 is 1.44 bits per heavy atom. The van der Waals surface area contributed by atoms with Crippen LogP contribution in [0.15, 0.2) is 24.5 Å². The van der Waals surface area contributed by atoms with Crippen molar-refractivity contribution >= 4 is 22.6 Å². The van der Waals surface area contributed by atoms with Crippen molar-refractivity contribution in [2.24, 2.45) is 7.05 Å². The molecule has 16 heavy (non-hydrogen) atoms. The van der Waals surface area contributed by atoms with Gasteiger partial charge >= 0.3 is 0 Å². The number of pyridine rings is 1. The first kappa shape index (κ1) is 11.3. The number of hydrogen-bond donors (Lipinski definition) is 0. The molecular formula is C10H9FIN3O. The van der Waals surface area contributed by atoms with Crippen molar-refractivity contribution in [1.29, 1.82) is 0 Å². The van der Waals surface area contributed by atoms with Gasteiger partial charge in [-0.2, -0.15) is 5.10 Å². The van der Waals surface area contributed by atoms with Crippen LogP contribution in [0.2, 0.25) is 0 Å². The van der Waals surface area contributed by atoms with Crippen LogP contribution < -0.4 is 4.74 Å². The molecule has 84 valence electrons. The standard InChI is InChI=1S/C10H9FIN3O/c1-15-9(8(12)5-14-15)6-16-10-3-2-7(11)4-13-10/h2-5H,6H2,1H3. The third-order valence-corrected chi connectivity index (χ3v) is 2.97. The van der Waals surface area contributed by atoms with Gasteiger partial charge in [-0.1, -0.05) is 0 Å². The van der Waals surface area contributed by atoms with Crippen LogP contribution in [0.1, 0.15) is 5.69 Å². The van der Waals surface area contributed by atoms with E-state index >= 15 is 0 Å². The van der Waals surface area contributed by atoms with Crippen molar-refractivity contribution in [3.8, 4) is 5.88 Å². The lowest BCUT2D eigenvalue weighted by molar-refractivity contribution is 0.281. The molecular weight excluding hydrogens is 324 g/mol. The third kappa shape index (κ3) is 2.49. The molecule has 4 nitrogen and oxygen atoms in total. The summed E-state index contributed by atoms with van der Waals surface area (Å²) in [7, 11) is 1.85. The summed E-state index contributed by atoms with van der Waals surface area (Å²) in [5.41, 5.74) is 0.965. The Morgan fingerprint density at radius 3 is 2.81 bits per heavy atom. The molecule has 6 heteroatoms. The van der Waals surface area contributed by atoms with Gasteiger partial charge in [-0.25, -0.2) is 9.37 Å². The van der Waals surface area contributed by atoms with Crippen LogP contribution in [0.3, 0.4) is 0 Å². The van der Waals surface area contributed by atoms with Gasteiger partial charge in [0.25, 0.3) is 0 Å². The van der Waals surface area contributed by atoms with E-state index in [1.807, 2.05) is 7.05 Å². The number of aromatic nitrogens is 3. The van der Waals surface area contributed by atoms with Gasteiger partial charge < -0.3 is 4.74 Å². The molecule has 0 aliphatic heterocycles. The van der Waals surface area contributed by atoms with E-state index in [0.717, 1.165) is 15.5 Å². The topological polar surface area (TPSA) is 39.9 Å². The zero-order valence-corrected chi connectivity index (χ0v) is 10.7. The summed E-state index contributed by atoms with van der Waals surface area (Å²) in [6.45, 7) is 0.368. The quantitative estimate of drug-likeness (QED) is 0.808. The minimum Gasteiger partial charge on any atom is -0.471 e. The summed E-state index contributed by atoms with van der Waals surface area (Å²) in [6.07, 6.45) is 2.89. The largest absolute Gasteiger partial charge is 0.471 e. The van der Waals surface area contributed by atoms with Crippen LogP contribution in [0.4, 0.5) is 4.39 Å². The highest BCUT2D eigenvalue weighted by Crippen LogP contribution is 2.14. The molecule has 0 bridgehead atoms. The Morgan fingerprint density at radius 2 is 2.25 bits per heavy atom. The Bertz CT molecular complexity index is 464. The van der Waals surface area contributed by atoms with Crippen molar-refractivity contribution < 1.29 is 9.13 Å². The molecule has 0 unspecified atom stereocenters. The second-order valence-electron chi connectivity index (χ2n) is 3.17. The SMILES string of the molecule is Cn1ncc(I)c1COc1ccc(F)cn1. The lowest BCUT2D eigenvalue weighted by atomic mass is 10.4. The normalized spacial score (nSPS) is 10.4. The Hall–Kier alpha value is -1.18. The molecule has 0 aliphatic carbocycles. The summed E-state index contributed by atoms with van der Waals surface area (Å²) >= 11 is 2.19. The molecule has 0 spiro atoms. The van der Waals surface area contributed by atoms with Crippen molar-refractivity contribution in [2.45, 2.75) is 6.61 Å². The zero-order chi connectivity index (χ0) is 11.5. The van der Waals surface area contributed by atoms with E-state index in [1.165, 1.54) is 12.1 Å². The first-order chi connectivity index (χ1) is 7.66. The fourth-order valence-electron chi connectivity index (χ4n) is 1.19. The molecule has 2 heterocycles. The maximum absolute atomic E-state index is 12.6. The molecule has 0 fully saturated rings. The van der Waals surface area contributed by atoms with Crippen LogP contribution in [-0.2, 0) is 13.7 Å². The van der Waals surface area contributed by atoms with E-state index in [0.29, 0.717) is 12.5 Å². The first-order valence-corrected chi connectivity index (χ1v) is 5.65. The van der Waals surface area contributed by atoms with E-state index in [4.69, 9.17) is 4.74 Å². The van der Waals surface area contributed by atoms with Crippen molar-refractivity contribution in [1.82, 2.24) is 14.8 Å². The average Bonchev–Trinajstić information content (AvgIpc) is 2.59. The highest BCUT2D eigenvalue weighted by atomic mass is 127. The summed E-state index contributed by atoms with van der Waals surface area (Å²) in [5, 5.41) is 4.09. The van der Waals surface area contributed by atoms with E-state index in [-0.39, 0.29) is 5.82 Å². The molecule has 0 amide bonds. The van der Waals surface area contributed by atoms with Gasteiger partial charge in [-0.15, -0.1) is 0 Å². The van der Waals surface area contributed by atoms with Crippen molar-refractivity contribution in [3.05, 3.63) is 39.6 Å². The molecule has 0 aliphatic rings. The minimum absolute atomic E-state index is 0.368. The van der Waals surface area contributed by atoms with E-state index in [2.05, 4.69) is 32.7 Å². The summed E-state index contributed by atoms with van der Waals surface area (Å²) in [4.78, 5) is 3.81. The van der Waals surface area contributed by atoms with Crippen LogP contribution >= 0.6 is 22.6 Å². The maximum Gasteiger partial charge on any atom is 0.213 e. The van der Waals surface area contributed by atoms with Gasteiger partial charge in [-0.3, -0.25) is 4.68 Å². The second kappa shape index (κ2) is 4.77. The van der Waals surface area contributed by atoms with Crippen LogP contribution in [0.5, 0.6) is 5.88 Å². The van der Waals surface area contributed by atoms with Gasteiger partial charge in [0.2, 0.25) is 5.88 Å². The van der Waals surface area contributed by atoms with Gasteiger partial charge in [-0.05, 0) is 28.7 Å². The first-order valence-electron chi connectivity index (χ1n) is 4.57. The number of halogens is 2. The highest BCUT2D eigenvalue weighted by molar-refractivity contribution is 14.1. The molecule has 2 aromatic rings. The maximum atomic E-state index is 12.6. The monoisotopic (exact) mass is 333 g/mol. The highest BCUT2D eigenvalue weighted by Gasteiger charge is 2.06. The zero-order valence-electron chi connectivity index (χ0n) is 8.52. The Kier molecular flexibility index (Phi) is 3.37. The fourth-order valence-corrected chi connectivity index (χ4v) is 1.82. The Labute approximate surface area is 106 Å². The van der Waals surface area contributed by atoms with Gasteiger partial charge in [0.1, 0.15) is 12.4 Å². The van der Waals surface area contributed by atoms with Crippen molar-refractivity contribution in [3.63, 3.8) is 0 Å². The molecule has 0 N–H and O–H groups in total. The smallest absolute Gasteiger partial charge is 0.213 e. The van der Waals surface area contributed by atoms with Crippen LogP contribution in [0.25, 0.3) is 0 Å². The average molecular weight is 333 g/mol. The molecule has 2 aromatic heterocycles. The van der Waals surface area contributed by atoms with Crippen LogP contribution in [-0.4, -0.2) is 14.8 Å². The summed E-state index contributed by atoms with van der Waals surface area (Å²) < 4.78 is 20.8. The number of rotatable bonds is 3. The van der Waals surface area contributed by atoms with Crippen LogP contribution in [0, 0.1) is 9.39 Å². The molecule has 2 rings (SSSR count). The number of hydrogen-bond acceptors (Lipinski definition) is 3. The fraction of sp³-hybridized carbons (Fsp3) is 0.200. The molecule has 0 saturated carbocycles. The van der Waals surface area contributed by atoms with Gasteiger partial charge in [0.05, 0.1) is 21.7 Å². The molecule has 0 atom stereocenters. The number of aryl methyl sites for hydroxylation is 1. The third-order valence-electron chi connectivity index (χ3n) is 2.07. The van der Waals surface area contributed by atoms with Gasteiger partial charge in [0.15, 0.2) is 0 Å². The summed E-state index contributed by atoms with van der Waals surface area (Å²) in [5.74, 6) is 0.0286. The van der Waals surface area contributed by atoms with E-state index in [1.54, 1.807) is 10.9 Å². The van der Waals surface area contributed by atoms with E-state index in [9.17, 15) is 4.39 Å². The predicted molar refractivity (Wildman–Crippen MR) is 64.5 cm³/mol. The molecule has 0 saturated heterocycles.